The zero-order valence-corrected chi connectivity index (χ0v) is 19.4. The van der Waals surface area contributed by atoms with Crippen LogP contribution in [0, 0.1) is 0 Å². The molecule has 178 valence electrons. The van der Waals surface area contributed by atoms with Crippen LogP contribution in [0.3, 0.4) is 0 Å². The third kappa shape index (κ3) is 6.20. The Morgan fingerprint density at radius 2 is 1.36 bits per heavy atom. The van der Waals surface area contributed by atoms with Crippen LogP contribution in [0.4, 0.5) is 5.69 Å². The number of anilines is 1. The average molecular weight is 480 g/mol. The second-order valence-electron chi connectivity index (χ2n) is 6.63. The van der Waals surface area contributed by atoms with Gasteiger partial charge >= 0.3 is 11.9 Å². The molecular weight excluding hydrogens is 456 g/mol. The van der Waals surface area contributed by atoms with Gasteiger partial charge in [0.05, 0.1) is 50.5 Å². The van der Waals surface area contributed by atoms with Crippen molar-refractivity contribution in [3.05, 3.63) is 47.5 Å². The normalized spacial score (nSPS) is 11.8. The minimum atomic E-state index is -4.10. The molecule has 0 aliphatic rings. The Morgan fingerprint density at radius 3 is 1.85 bits per heavy atom. The molecule has 0 saturated carbocycles. The monoisotopic (exact) mass is 480 g/mol. The molecule has 2 aromatic carbocycles. The number of ether oxygens (including phenoxy) is 4. The van der Waals surface area contributed by atoms with Gasteiger partial charge in [0.15, 0.2) is 11.5 Å². The van der Waals surface area contributed by atoms with Crippen molar-refractivity contribution in [1.29, 1.82) is 0 Å². The molecule has 0 aliphatic heterocycles. The van der Waals surface area contributed by atoms with Crippen molar-refractivity contribution in [1.82, 2.24) is 4.72 Å². The summed E-state index contributed by atoms with van der Waals surface area (Å²) in [6.07, 6.45) is 0. The lowest BCUT2D eigenvalue weighted by atomic mass is 10.1. The minimum absolute atomic E-state index is 0.00531. The highest BCUT2D eigenvalue weighted by atomic mass is 32.2. The Kier molecular flexibility index (Phi) is 8.38. The van der Waals surface area contributed by atoms with Crippen molar-refractivity contribution in [3.8, 4) is 11.5 Å². The summed E-state index contributed by atoms with van der Waals surface area (Å²) in [5, 5.41) is 2.47. The van der Waals surface area contributed by atoms with Crippen LogP contribution in [-0.4, -0.2) is 60.7 Å². The Labute approximate surface area is 191 Å². The van der Waals surface area contributed by atoms with Gasteiger partial charge in [0.2, 0.25) is 15.9 Å². The number of carbonyl (C=O) groups is 3. The van der Waals surface area contributed by atoms with E-state index >= 15 is 0 Å². The molecule has 0 heterocycles. The van der Waals surface area contributed by atoms with Crippen LogP contribution >= 0.6 is 0 Å². The number of amides is 1. The molecule has 2 aromatic rings. The fourth-order valence-electron chi connectivity index (χ4n) is 2.76. The first kappa shape index (κ1) is 25.6. The Hall–Kier alpha value is -3.64. The number of sulfonamides is 1. The Morgan fingerprint density at radius 1 is 0.818 bits per heavy atom. The van der Waals surface area contributed by atoms with E-state index in [1.165, 1.54) is 57.5 Å². The van der Waals surface area contributed by atoms with Crippen LogP contribution in [0.5, 0.6) is 11.5 Å². The summed E-state index contributed by atoms with van der Waals surface area (Å²) >= 11 is 0. The number of rotatable bonds is 9. The van der Waals surface area contributed by atoms with Crippen molar-refractivity contribution in [2.75, 3.05) is 33.8 Å². The zero-order chi connectivity index (χ0) is 24.8. The number of nitrogens with one attached hydrogen (secondary N) is 2. The molecule has 0 aromatic heterocycles. The molecule has 0 bridgehead atoms. The van der Waals surface area contributed by atoms with E-state index in [1.54, 1.807) is 0 Å². The lowest BCUT2D eigenvalue weighted by Crippen LogP contribution is -2.41. The third-order valence-corrected chi connectivity index (χ3v) is 5.97. The Bertz CT molecular complexity index is 1130. The predicted molar refractivity (Wildman–Crippen MR) is 117 cm³/mol. The van der Waals surface area contributed by atoms with Gasteiger partial charge in [-0.25, -0.2) is 18.0 Å². The van der Waals surface area contributed by atoms with Crippen molar-refractivity contribution in [2.45, 2.75) is 17.9 Å². The number of carbonyl (C=O) groups excluding carboxylic acids is 3. The van der Waals surface area contributed by atoms with E-state index in [0.717, 1.165) is 14.2 Å². The van der Waals surface area contributed by atoms with E-state index in [4.69, 9.17) is 9.47 Å². The van der Waals surface area contributed by atoms with E-state index in [2.05, 4.69) is 19.5 Å². The molecule has 0 spiro atoms. The third-order valence-electron chi connectivity index (χ3n) is 4.43. The maximum atomic E-state index is 12.7. The topological polar surface area (TPSA) is 146 Å². The van der Waals surface area contributed by atoms with Crippen molar-refractivity contribution in [3.63, 3.8) is 0 Å². The van der Waals surface area contributed by atoms with E-state index in [-0.39, 0.29) is 27.5 Å². The van der Waals surface area contributed by atoms with E-state index in [9.17, 15) is 22.8 Å². The first-order chi connectivity index (χ1) is 15.6. The average Bonchev–Trinajstić information content (AvgIpc) is 2.81. The highest BCUT2D eigenvalue weighted by Gasteiger charge is 2.24. The quantitative estimate of drug-likeness (QED) is 0.511. The summed E-state index contributed by atoms with van der Waals surface area (Å²) in [6, 6.07) is 6.58. The first-order valence-electron chi connectivity index (χ1n) is 9.43. The summed E-state index contributed by atoms with van der Waals surface area (Å²) in [5.41, 5.74) is 0.0592. The predicted octanol–water partition coefficient (Wildman–Crippen LogP) is 1.58. The van der Waals surface area contributed by atoms with Gasteiger partial charge in [-0.3, -0.25) is 4.79 Å². The van der Waals surface area contributed by atoms with Crippen LogP contribution < -0.4 is 19.5 Å². The lowest BCUT2D eigenvalue weighted by molar-refractivity contribution is -0.117. The zero-order valence-electron chi connectivity index (χ0n) is 18.6. The number of esters is 2. The number of methoxy groups -OCH3 is 4. The molecule has 1 atom stereocenters. The van der Waals surface area contributed by atoms with Gasteiger partial charge in [-0.05, 0) is 37.3 Å². The summed E-state index contributed by atoms with van der Waals surface area (Å²) in [7, 11) is 1.00. The molecule has 0 radical (unpaired) electrons. The Balaban J connectivity index is 2.25. The van der Waals surface area contributed by atoms with Gasteiger partial charge in [0.25, 0.3) is 0 Å². The van der Waals surface area contributed by atoms with Crippen molar-refractivity contribution >= 4 is 33.6 Å². The highest BCUT2D eigenvalue weighted by molar-refractivity contribution is 7.89. The standard InChI is InChI=1S/C21H24N2O9S/c1-12(23-33(27,28)16-6-7-17(29-2)18(11-16)30-3)19(24)22-15-9-13(20(25)31-4)8-14(10-15)21(26)32-5/h6-12,23H,1-5H3,(H,22,24)/t12-/m1/s1. The molecule has 1 amide bonds. The molecule has 0 fully saturated rings. The first-order valence-corrected chi connectivity index (χ1v) is 10.9. The van der Waals surface area contributed by atoms with Crippen LogP contribution in [-0.2, 0) is 24.3 Å². The molecule has 0 unspecified atom stereocenters. The second kappa shape index (κ2) is 10.8. The molecule has 2 rings (SSSR count). The van der Waals surface area contributed by atoms with Gasteiger partial charge in [0.1, 0.15) is 0 Å². The largest absolute Gasteiger partial charge is 0.493 e. The van der Waals surface area contributed by atoms with Gasteiger partial charge in [-0.2, -0.15) is 4.72 Å². The van der Waals surface area contributed by atoms with Gasteiger partial charge < -0.3 is 24.3 Å². The number of hydrogen-bond acceptors (Lipinski definition) is 9. The molecule has 33 heavy (non-hydrogen) atoms. The van der Waals surface area contributed by atoms with E-state index < -0.39 is 33.9 Å². The van der Waals surface area contributed by atoms with Crippen molar-refractivity contribution < 1.29 is 41.7 Å². The maximum absolute atomic E-state index is 12.7. The fourth-order valence-corrected chi connectivity index (χ4v) is 3.98. The summed E-state index contributed by atoms with van der Waals surface area (Å²) in [6.45, 7) is 1.33. The van der Waals surface area contributed by atoms with Gasteiger partial charge in [0, 0.05) is 11.8 Å². The molecule has 11 nitrogen and oxygen atoms in total. The minimum Gasteiger partial charge on any atom is -0.493 e. The smallest absolute Gasteiger partial charge is 0.337 e. The van der Waals surface area contributed by atoms with Crippen LogP contribution in [0.2, 0.25) is 0 Å². The van der Waals surface area contributed by atoms with Crippen LogP contribution in [0.1, 0.15) is 27.6 Å². The van der Waals surface area contributed by atoms with Crippen LogP contribution in [0.15, 0.2) is 41.3 Å². The highest BCUT2D eigenvalue weighted by Crippen LogP contribution is 2.29. The SMILES string of the molecule is COC(=O)c1cc(NC(=O)[C@@H](C)NS(=O)(=O)c2ccc(OC)c(OC)c2)cc(C(=O)OC)c1. The summed E-state index contributed by atoms with van der Waals surface area (Å²) in [4.78, 5) is 36.3. The maximum Gasteiger partial charge on any atom is 0.337 e. The molecule has 2 N–H and O–H groups in total. The molecule has 0 saturated heterocycles. The summed E-state index contributed by atoms with van der Waals surface area (Å²) < 4.78 is 47.2. The number of benzene rings is 2. The molecular formula is C21H24N2O9S. The summed E-state index contributed by atoms with van der Waals surface area (Å²) in [5.74, 6) is -1.67. The van der Waals surface area contributed by atoms with Gasteiger partial charge in [-0.1, -0.05) is 0 Å². The van der Waals surface area contributed by atoms with E-state index in [0.29, 0.717) is 5.75 Å². The second-order valence-corrected chi connectivity index (χ2v) is 8.35. The fraction of sp³-hybridized carbons (Fsp3) is 0.286. The molecule has 12 heteroatoms. The van der Waals surface area contributed by atoms with E-state index in [1.807, 2.05) is 0 Å². The van der Waals surface area contributed by atoms with Crippen LogP contribution in [0.25, 0.3) is 0 Å². The van der Waals surface area contributed by atoms with Crippen molar-refractivity contribution in [2.24, 2.45) is 0 Å². The lowest BCUT2D eigenvalue weighted by Gasteiger charge is -2.16. The van der Waals surface area contributed by atoms with Gasteiger partial charge in [-0.15, -0.1) is 0 Å². The number of hydrogen-bond donors (Lipinski definition) is 2. The molecule has 0 aliphatic carbocycles.